The lowest BCUT2D eigenvalue weighted by Crippen LogP contribution is -1.95. The standard InChI is InChI=1S/C7H9N3/c1-5-4-8-7(10-9-5)6-2-3-6/h4,6H,2-3H2,1H3. The van der Waals surface area contributed by atoms with Gasteiger partial charge >= 0.3 is 0 Å². The van der Waals surface area contributed by atoms with E-state index in [1.165, 1.54) is 12.8 Å². The van der Waals surface area contributed by atoms with Crippen LogP contribution in [0.2, 0.25) is 0 Å². The molecule has 0 amide bonds. The number of nitrogens with zero attached hydrogens (tertiary/aromatic N) is 3. The highest BCUT2D eigenvalue weighted by Crippen LogP contribution is 2.37. The summed E-state index contributed by atoms with van der Waals surface area (Å²) in [7, 11) is 0. The van der Waals surface area contributed by atoms with E-state index in [2.05, 4.69) is 15.2 Å². The highest BCUT2D eigenvalue weighted by molar-refractivity contribution is 5.03. The van der Waals surface area contributed by atoms with E-state index < -0.39 is 0 Å². The molecule has 1 aromatic heterocycles. The summed E-state index contributed by atoms with van der Waals surface area (Å²) >= 11 is 0. The number of aryl methyl sites for hydroxylation is 1. The summed E-state index contributed by atoms with van der Waals surface area (Å²) in [4.78, 5) is 4.17. The van der Waals surface area contributed by atoms with Gasteiger partial charge in [-0.15, -0.1) is 5.10 Å². The first-order chi connectivity index (χ1) is 4.86. The SMILES string of the molecule is Cc1cnc(C2CC2)nn1. The molecule has 1 aliphatic rings. The molecular formula is C7H9N3. The molecular weight excluding hydrogens is 126 g/mol. The molecule has 1 saturated carbocycles. The molecule has 0 bridgehead atoms. The molecule has 0 atom stereocenters. The Morgan fingerprint density at radius 3 is 2.70 bits per heavy atom. The van der Waals surface area contributed by atoms with Crippen LogP contribution in [0.4, 0.5) is 0 Å². The molecule has 3 nitrogen and oxygen atoms in total. The minimum atomic E-state index is 0.619. The second-order valence-electron chi connectivity index (χ2n) is 2.73. The van der Waals surface area contributed by atoms with E-state index in [0.29, 0.717) is 5.92 Å². The summed E-state index contributed by atoms with van der Waals surface area (Å²) < 4.78 is 0. The predicted molar refractivity (Wildman–Crippen MR) is 36.5 cm³/mol. The highest BCUT2D eigenvalue weighted by Gasteiger charge is 2.26. The summed E-state index contributed by atoms with van der Waals surface area (Å²) in [5, 5.41) is 7.91. The maximum atomic E-state index is 4.17. The third kappa shape index (κ3) is 0.988. The van der Waals surface area contributed by atoms with Crippen LogP contribution < -0.4 is 0 Å². The molecule has 0 N–H and O–H groups in total. The Kier molecular flexibility index (Phi) is 1.16. The van der Waals surface area contributed by atoms with Gasteiger partial charge in [-0.1, -0.05) is 0 Å². The first-order valence-corrected chi connectivity index (χ1v) is 3.52. The van der Waals surface area contributed by atoms with Crippen molar-refractivity contribution in [3.05, 3.63) is 17.7 Å². The van der Waals surface area contributed by atoms with Gasteiger partial charge in [-0.25, -0.2) is 4.98 Å². The van der Waals surface area contributed by atoms with Crippen molar-refractivity contribution in [1.29, 1.82) is 0 Å². The molecule has 0 spiro atoms. The Hall–Kier alpha value is -0.990. The molecule has 1 fully saturated rings. The summed E-state index contributed by atoms with van der Waals surface area (Å²) in [6.07, 6.45) is 4.26. The van der Waals surface area contributed by atoms with Crippen LogP contribution in [-0.2, 0) is 0 Å². The Labute approximate surface area is 59.5 Å². The minimum absolute atomic E-state index is 0.619. The van der Waals surface area contributed by atoms with E-state index in [4.69, 9.17) is 0 Å². The molecule has 1 heterocycles. The first-order valence-electron chi connectivity index (χ1n) is 3.52. The molecule has 1 aliphatic carbocycles. The van der Waals surface area contributed by atoms with Crippen LogP contribution in [0.5, 0.6) is 0 Å². The molecule has 2 rings (SSSR count). The van der Waals surface area contributed by atoms with Gasteiger partial charge in [0.05, 0.1) is 11.9 Å². The molecule has 10 heavy (non-hydrogen) atoms. The largest absolute Gasteiger partial charge is 0.237 e. The fourth-order valence-corrected chi connectivity index (χ4v) is 0.870. The van der Waals surface area contributed by atoms with Gasteiger partial charge in [0.1, 0.15) is 0 Å². The second-order valence-corrected chi connectivity index (χ2v) is 2.73. The van der Waals surface area contributed by atoms with Gasteiger partial charge in [-0.05, 0) is 19.8 Å². The lowest BCUT2D eigenvalue weighted by Gasteiger charge is -1.92. The zero-order valence-corrected chi connectivity index (χ0v) is 5.91. The maximum absolute atomic E-state index is 4.17. The van der Waals surface area contributed by atoms with Crippen LogP contribution in [0.1, 0.15) is 30.3 Å². The fraction of sp³-hybridized carbons (Fsp3) is 0.571. The Morgan fingerprint density at radius 2 is 2.20 bits per heavy atom. The predicted octanol–water partition coefficient (Wildman–Crippen LogP) is 1.06. The molecule has 52 valence electrons. The quantitative estimate of drug-likeness (QED) is 0.578. The number of hydrogen-bond donors (Lipinski definition) is 0. The number of rotatable bonds is 1. The van der Waals surface area contributed by atoms with Crippen molar-refractivity contribution in [1.82, 2.24) is 15.2 Å². The van der Waals surface area contributed by atoms with E-state index in [-0.39, 0.29) is 0 Å². The summed E-state index contributed by atoms with van der Waals surface area (Å²) in [6.45, 7) is 1.90. The first kappa shape index (κ1) is 5.77. The average Bonchev–Trinajstić information content (AvgIpc) is 2.71. The van der Waals surface area contributed by atoms with Crippen molar-refractivity contribution in [2.24, 2.45) is 0 Å². The molecule has 0 aliphatic heterocycles. The van der Waals surface area contributed by atoms with Crippen molar-refractivity contribution in [3.63, 3.8) is 0 Å². The summed E-state index contributed by atoms with van der Waals surface area (Å²) in [6, 6.07) is 0. The Morgan fingerprint density at radius 1 is 1.40 bits per heavy atom. The highest BCUT2D eigenvalue weighted by atomic mass is 15.2. The second kappa shape index (κ2) is 2.01. The van der Waals surface area contributed by atoms with Crippen LogP contribution in [0.25, 0.3) is 0 Å². The van der Waals surface area contributed by atoms with Crippen LogP contribution >= 0.6 is 0 Å². The van der Waals surface area contributed by atoms with Gasteiger partial charge in [0.2, 0.25) is 0 Å². The Bertz CT molecular complexity index is 225. The van der Waals surface area contributed by atoms with E-state index in [0.717, 1.165) is 11.5 Å². The van der Waals surface area contributed by atoms with Crippen molar-refractivity contribution in [3.8, 4) is 0 Å². The summed E-state index contributed by atoms with van der Waals surface area (Å²) in [5.74, 6) is 1.54. The molecule has 0 radical (unpaired) electrons. The van der Waals surface area contributed by atoms with Crippen molar-refractivity contribution < 1.29 is 0 Å². The van der Waals surface area contributed by atoms with Crippen LogP contribution in [0.3, 0.4) is 0 Å². The molecule has 0 aromatic carbocycles. The van der Waals surface area contributed by atoms with Gasteiger partial charge in [0, 0.05) is 5.92 Å². The molecule has 1 aromatic rings. The normalized spacial score (nSPS) is 17.3. The zero-order valence-electron chi connectivity index (χ0n) is 5.91. The van der Waals surface area contributed by atoms with Crippen LogP contribution in [-0.4, -0.2) is 15.2 Å². The van der Waals surface area contributed by atoms with Crippen molar-refractivity contribution >= 4 is 0 Å². The lowest BCUT2D eigenvalue weighted by atomic mass is 10.4. The van der Waals surface area contributed by atoms with Gasteiger partial charge in [0.15, 0.2) is 5.82 Å². The monoisotopic (exact) mass is 135 g/mol. The van der Waals surface area contributed by atoms with Gasteiger partial charge in [0.25, 0.3) is 0 Å². The summed E-state index contributed by atoms with van der Waals surface area (Å²) in [5.41, 5.74) is 0.893. The van der Waals surface area contributed by atoms with E-state index in [9.17, 15) is 0 Å². The third-order valence-electron chi connectivity index (χ3n) is 1.64. The smallest absolute Gasteiger partial charge is 0.153 e. The van der Waals surface area contributed by atoms with E-state index >= 15 is 0 Å². The van der Waals surface area contributed by atoms with Crippen molar-refractivity contribution in [2.45, 2.75) is 25.7 Å². The topological polar surface area (TPSA) is 38.7 Å². The zero-order chi connectivity index (χ0) is 6.97. The van der Waals surface area contributed by atoms with Gasteiger partial charge in [-0.3, -0.25) is 0 Å². The molecule has 0 unspecified atom stereocenters. The average molecular weight is 135 g/mol. The van der Waals surface area contributed by atoms with Crippen LogP contribution in [0.15, 0.2) is 6.20 Å². The molecule has 0 saturated heterocycles. The van der Waals surface area contributed by atoms with Gasteiger partial charge < -0.3 is 0 Å². The maximum Gasteiger partial charge on any atom is 0.153 e. The number of hydrogen-bond acceptors (Lipinski definition) is 3. The Balaban J connectivity index is 2.28. The molecule has 3 heteroatoms. The minimum Gasteiger partial charge on any atom is -0.237 e. The van der Waals surface area contributed by atoms with E-state index in [1.807, 2.05) is 6.92 Å². The lowest BCUT2D eigenvalue weighted by molar-refractivity contribution is 0.817. The van der Waals surface area contributed by atoms with Gasteiger partial charge in [-0.2, -0.15) is 5.10 Å². The number of aromatic nitrogens is 3. The third-order valence-corrected chi connectivity index (χ3v) is 1.64. The van der Waals surface area contributed by atoms with Crippen molar-refractivity contribution in [2.75, 3.05) is 0 Å². The van der Waals surface area contributed by atoms with E-state index in [1.54, 1.807) is 6.20 Å². The van der Waals surface area contributed by atoms with Crippen LogP contribution in [0, 0.1) is 6.92 Å². The fourth-order valence-electron chi connectivity index (χ4n) is 0.870.